The van der Waals surface area contributed by atoms with Gasteiger partial charge in [-0.25, -0.2) is 0 Å². The van der Waals surface area contributed by atoms with Crippen molar-refractivity contribution >= 4 is 34.8 Å². The van der Waals surface area contributed by atoms with Crippen LogP contribution in [0.1, 0.15) is 6.92 Å². The Hall–Kier alpha value is -0.770. The van der Waals surface area contributed by atoms with Crippen LogP contribution in [0.5, 0.6) is 0 Å². The summed E-state index contributed by atoms with van der Waals surface area (Å²) in [6, 6.07) is 4.91. The van der Waals surface area contributed by atoms with Crippen LogP contribution in [0.25, 0.3) is 0 Å². The molecular formula is C10H9Cl2NO2. The summed E-state index contributed by atoms with van der Waals surface area (Å²) in [4.78, 5) is 11.6. The molecule has 15 heavy (non-hydrogen) atoms. The fraction of sp³-hybridized carbons (Fsp3) is 0.300. The highest BCUT2D eigenvalue weighted by molar-refractivity contribution is 6.36. The Labute approximate surface area is 97.3 Å². The van der Waals surface area contributed by atoms with Gasteiger partial charge in [-0.2, -0.15) is 0 Å². The molecule has 0 aliphatic carbocycles. The van der Waals surface area contributed by atoms with Gasteiger partial charge in [-0.15, -0.1) is 0 Å². The summed E-state index contributed by atoms with van der Waals surface area (Å²) in [7, 11) is 0. The molecule has 0 unspecified atom stereocenters. The summed E-state index contributed by atoms with van der Waals surface area (Å²) in [5.74, 6) is -0.188. The molecule has 3 nitrogen and oxygen atoms in total. The molecule has 1 amide bonds. The Morgan fingerprint density at radius 1 is 1.53 bits per heavy atom. The number of halogens is 2. The second-order valence-corrected chi connectivity index (χ2v) is 4.44. The Bertz CT molecular complexity index is 416. The standard InChI is InChI=1S/C10H9Cl2NO2/c1-10(5-15-10)9(14)13-8-3-2-6(11)4-7(8)12/h2-4H,5H2,1H3,(H,13,14)/t10-/m0/s1. The van der Waals surface area contributed by atoms with E-state index in [1.54, 1.807) is 25.1 Å². The monoisotopic (exact) mass is 245 g/mol. The maximum atomic E-state index is 11.6. The molecule has 5 heteroatoms. The van der Waals surface area contributed by atoms with E-state index in [1.807, 2.05) is 0 Å². The molecule has 80 valence electrons. The molecule has 1 aromatic carbocycles. The van der Waals surface area contributed by atoms with Crippen molar-refractivity contribution < 1.29 is 9.53 Å². The summed E-state index contributed by atoms with van der Waals surface area (Å²) < 4.78 is 5.01. The van der Waals surface area contributed by atoms with Gasteiger partial charge in [0.25, 0.3) is 5.91 Å². The van der Waals surface area contributed by atoms with Gasteiger partial charge in [0.05, 0.1) is 17.3 Å². The van der Waals surface area contributed by atoms with Gasteiger partial charge in [-0.1, -0.05) is 23.2 Å². The van der Waals surface area contributed by atoms with Crippen LogP contribution in [-0.2, 0) is 9.53 Å². The van der Waals surface area contributed by atoms with E-state index in [4.69, 9.17) is 27.9 Å². The molecule has 0 bridgehead atoms. The quantitative estimate of drug-likeness (QED) is 0.815. The van der Waals surface area contributed by atoms with Crippen LogP contribution in [0.3, 0.4) is 0 Å². The van der Waals surface area contributed by atoms with Crippen LogP contribution in [-0.4, -0.2) is 18.1 Å². The van der Waals surface area contributed by atoms with Gasteiger partial charge in [0.1, 0.15) is 0 Å². The van der Waals surface area contributed by atoms with Gasteiger partial charge >= 0.3 is 0 Å². The highest BCUT2D eigenvalue weighted by Crippen LogP contribution is 2.30. The maximum absolute atomic E-state index is 11.6. The van der Waals surface area contributed by atoms with Gasteiger partial charge in [-0.3, -0.25) is 4.79 Å². The number of anilines is 1. The number of epoxide rings is 1. The predicted octanol–water partition coefficient (Wildman–Crippen LogP) is 2.72. The Balaban J connectivity index is 2.14. The van der Waals surface area contributed by atoms with Crippen molar-refractivity contribution in [2.24, 2.45) is 0 Å². The van der Waals surface area contributed by atoms with Crippen LogP contribution >= 0.6 is 23.2 Å². The SMILES string of the molecule is C[C@@]1(C(=O)Nc2ccc(Cl)cc2Cl)CO1. The molecule has 1 fully saturated rings. The van der Waals surface area contributed by atoms with Crippen LogP contribution in [0.4, 0.5) is 5.69 Å². The largest absolute Gasteiger partial charge is 0.359 e. The lowest BCUT2D eigenvalue weighted by molar-refractivity contribution is -0.120. The average Bonchev–Trinajstić information content (AvgIpc) is 2.90. The van der Waals surface area contributed by atoms with Crippen molar-refractivity contribution in [2.75, 3.05) is 11.9 Å². The minimum atomic E-state index is -0.692. The zero-order valence-electron chi connectivity index (χ0n) is 8.01. The first-order valence-electron chi connectivity index (χ1n) is 4.42. The van der Waals surface area contributed by atoms with E-state index in [0.717, 1.165) is 0 Å². The van der Waals surface area contributed by atoms with E-state index >= 15 is 0 Å². The van der Waals surface area contributed by atoms with E-state index in [2.05, 4.69) is 5.32 Å². The first-order valence-corrected chi connectivity index (χ1v) is 5.17. The summed E-state index contributed by atoms with van der Waals surface area (Å²) in [6.45, 7) is 2.18. The molecule has 2 rings (SSSR count). The van der Waals surface area contributed by atoms with Crippen molar-refractivity contribution in [2.45, 2.75) is 12.5 Å². The molecule has 1 aliphatic rings. The number of hydrogen-bond acceptors (Lipinski definition) is 2. The molecule has 1 N–H and O–H groups in total. The van der Waals surface area contributed by atoms with Crippen LogP contribution < -0.4 is 5.32 Å². The minimum Gasteiger partial charge on any atom is -0.359 e. The average molecular weight is 246 g/mol. The third kappa shape index (κ3) is 2.25. The molecule has 0 saturated carbocycles. The van der Waals surface area contributed by atoms with E-state index in [9.17, 15) is 4.79 Å². The smallest absolute Gasteiger partial charge is 0.258 e. The Morgan fingerprint density at radius 2 is 2.20 bits per heavy atom. The number of hydrogen-bond donors (Lipinski definition) is 1. The van der Waals surface area contributed by atoms with E-state index in [0.29, 0.717) is 22.3 Å². The first kappa shape index (κ1) is 10.7. The first-order chi connectivity index (χ1) is 7.01. The van der Waals surface area contributed by atoms with Crippen LogP contribution in [0.2, 0.25) is 10.0 Å². The van der Waals surface area contributed by atoms with Gasteiger partial charge in [-0.05, 0) is 25.1 Å². The molecule has 1 saturated heterocycles. The summed E-state index contributed by atoms with van der Waals surface area (Å²) >= 11 is 11.6. The number of carbonyl (C=O) groups excluding carboxylic acids is 1. The molecule has 0 spiro atoms. The van der Waals surface area contributed by atoms with Gasteiger partial charge in [0.15, 0.2) is 5.60 Å². The van der Waals surface area contributed by atoms with Gasteiger partial charge in [0, 0.05) is 5.02 Å². The molecule has 1 heterocycles. The number of ether oxygens (including phenoxy) is 1. The topological polar surface area (TPSA) is 41.6 Å². The summed E-state index contributed by atoms with van der Waals surface area (Å²) in [6.07, 6.45) is 0. The summed E-state index contributed by atoms with van der Waals surface area (Å²) in [5, 5.41) is 3.64. The fourth-order valence-electron chi connectivity index (χ4n) is 1.08. The number of benzene rings is 1. The molecule has 0 radical (unpaired) electrons. The van der Waals surface area contributed by atoms with Crippen LogP contribution in [0, 0.1) is 0 Å². The highest BCUT2D eigenvalue weighted by atomic mass is 35.5. The number of nitrogens with one attached hydrogen (secondary N) is 1. The normalized spacial score (nSPS) is 23.7. The van der Waals surface area contributed by atoms with E-state index in [1.165, 1.54) is 0 Å². The molecule has 1 atom stereocenters. The number of rotatable bonds is 2. The second kappa shape index (κ2) is 3.67. The lowest BCUT2D eigenvalue weighted by Crippen LogP contribution is -2.28. The van der Waals surface area contributed by atoms with Gasteiger partial charge in [0.2, 0.25) is 0 Å². The molecule has 0 aromatic heterocycles. The third-order valence-electron chi connectivity index (χ3n) is 2.24. The van der Waals surface area contributed by atoms with Crippen molar-refractivity contribution in [3.8, 4) is 0 Å². The van der Waals surface area contributed by atoms with Crippen LogP contribution in [0.15, 0.2) is 18.2 Å². The fourth-order valence-corrected chi connectivity index (χ4v) is 1.54. The van der Waals surface area contributed by atoms with Crippen molar-refractivity contribution in [1.29, 1.82) is 0 Å². The third-order valence-corrected chi connectivity index (χ3v) is 2.78. The maximum Gasteiger partial charge on any atom is 0.258 e. The lowest BCUT2D eigenvalue weighted by Gasteiger charge is -2.09. The van der Waals surface area contributed by atoms with Crippen molar-refractivity contribution in [3.63, 3.8) is 0 Å². The number of carbonyl (C=O) groups is 1. The van der Waals surface area contributed by atoms with E-state index < -0.39 is 5.60 Å². The van der Waals surface area contributed by atoms with E-state index in [-0.39, 0.29) is 5.91 Å². The molecular weight excluding hydrogens is 237 g/mol. The predicted molar refractivity (Wildman–Crippen MR) is 59.4 cm³/mol. The second-order valence-electron chi connectivity index (χ2n) is 3.60. The Kier molecular flexibility index (Phi) is 2.63. The molecule has 1 aliphatic heterocycles. The molecule has 1 aromatic rings. The zero-order chi connectivity index (χ0) is 11.1. The summed E-state index contributed by atoms with van der Waals surface area (Å²) in [5.41, 5.74) is -0.147. The Morgan fingerprint density at radius 3 is 2.73 bits per heavy atom. The van der Waals surface area contributed by atoms with Gasteiger partial charge < -0.3 is 10.1 Å². The zero-order valence-corrected chi connectivity index (χ0v) is 9.52. The lowest BCUT2D eigenvalue weighted by atomic mass is 10.2. The number of amides is 1. The van der Waals surface area contributed by atoms with Crippen molar-refractivity contribution in [1.82, 2.24) is 0 Å². The van der Waals surface area contributed by atoms with Crippen molar-refractivity contribution in [3.05, 3.63) is 28.2 Å². The highest BCUT2D eigenvalue weighted by Gasteiger charge is 2.47. The minimum absolute atomic E-state index is 0.188.